The van der Waals surface area contributed by atoms with Crippen LogP contribution in [0.5, 0.6) is 0 Å². The SMILES string of the molecule is CC(C)(C)OC(=O)N1[C@@H](C2CCCCC2)c2[nH]c3ccccc3c2C[C@]1(C)C(=O)O.O=Cc1ccc(-c2ccc(C=O)cc2)cc1. The summed E-state index contributed by atoms with van der Waals surface area (Å²) in [4.78, 5) is 52.1. The average Bonchev–Trinajstić information content (AvgIpc) is 3.42. The molecule has 1 aliphatic heterocycles. The zero-order valence-corrected chi connectivity index (χ0v) is 26.9. The molecule has 0 saturated heterocycles. The molecule has 6 rings (SSSR count). The quantitative estimate of drug-likeness (QED) is 0.216. The maximum Gasteiger partial charge on any atom is 0.411 e. The lowest BCUT2D eigenvalue weighted by atomic mass is 9.74. The molecule has 0 radical (unpaired) electrons. The van der Waals surface area contributed by atoms with Crippen LogP contribution in [0.1, 0.15) is 97.8 Å². The van der Waals surface area contributed by atoms with Crippen molar-refractivity contribution in [2.75, 3.05) is 0 Å². The number of amides is 1. The van der Waals surface area contributed by atoms with E-state index in [1.165, 1.54) is 11.3 Å². The zero-order valence-electron chi connectivity index (χ0n) is 26.9. The Balaban J connectivity index is 0.000000219. The first-order valence-corrected chi connectivity index (χ1v) is 15.9. The van der Waals surface area contributed by atoms with E-state index in [2.05, 4.69) is 4.98 Å². The number of carbonyl (C=O) groups is 4. The average molecular weight is 623 g/mol. The lowest BCUT2D eigenvalue weighted by Gasteiger charge is -2.49. The Morgan fingerprint density at radius 2 is 1.41 bits per heavy atom. The number of nitrogens with one attached hydrogen (secondary N) is 1. The van der Waals surface area contributed by atoms with Gasteiger partial charge < -0.3 is 14.8 Å². The fourth-order valence-corrected chi connectivity index (χ4v) is 6.74. The maximum atomic E-state index is 13.4. The summed E-state index contributed by atoms with van der Waals surface area (Å²) in [5.41, 5.74) is 4.30. The number of fused-ring (bicyclic) bond motifs is 3. The number of hydrogen-bond acceptors (Lipinski definition) is 5. The topological polar surface area (TPSA) is 117 Å². The van der Waals surface area contributed by atoms with E-state index in [1.54, 1.807) is 31.2 Å². The molecular formula is C38H42N2O6. The Morgan fingerprint density at radius 3 is 1.91 bits per heavy atom. The molecule has 0 unspecified atom stereocenters. The number of carbonyl (C=O) groups excluding carboxylic acids is 3. The van der Waals surface area contributed by atoms with Crippen molar-refractivity contribution < 1.29 is 29.0 Å². The third-order valence-corrected chi connectivity index (χ3v) is 9.05. The largest absolute Gasteiger partial charge is 0.479 e. The highest BCUT2D eigenvalue weighted by Gasteiger charge is 2.54. The lowest BCUT2D eigenvalue weighted by molar-refractivity contribution is -0.154. The van der Waals surface area contributed by atoms with Crippen molar-refractivity contribution >= 4 is 35.5 Å². The van der Waals surface area contributed by atoms with E-state index >= 15 is 0 Å². The van der Waals surface area contributed by atoms with Gasteiger partial charge in [-0.2, -0.15) is 0 Å². The van der Waals surface area contributed by atoms with Crippen LogP contribution >= 0.6 is 0 Å². The van der Waals surface area contributed by atoms with Crippen LogP contribution in [0.15, 0.2) is 72.8 Å². The molecule has 2 heterocycles. The van der Waals surface area contributed by atoms with E-state index < -0.39 is 23.2 Å². The Morgan fingerprint density at radius 1 is 0.870 bits per heavy atom. The van der Waals surface area contributed by atoms with Gasteiger partial charge in [0.2, 0.25) is 0 Å². The second-order valence-electron chi connectivity index (χ2n) is 13.5. The third-order valence-electron chi connectivity index (χ3n) is 9.05. The van der Waals surface area contributed by atoms with E-state index in [0.29, 0.717) is 11.1 Å². The molecule has 0 bridgehead atoms. The summed E-state index contributed by atoms with van der Waals surface area (Å²) in [6, 6.07) is 22.3. The van der Waals surface area contributed by atoms with Gasteiger partial charge in [-0.15, -0.1) is 0 Å². The van der Waals surface area contributed by atoms with Crippen molar-refractivity contribution in [2.45, 2.75) is 83.4 Å². The number of ether oxygens (including phenoxy) is 1. The first-order chi connectivity index (χ1) is 21.9. The van der Waals surface area contributed by atoms with Crippen molar-refractivity contribution in [1.82, 2.24) is 9.88 Å². The van der Waals surface area contributed by atoms with E-state index in [-0.39, 0.29) is 18.4 Å². The van der Waals surface area contributed by atoms with Gasteiger partial charge in [0.15, 0.2) is 0 Å². The molecule has 0 spiro atoms. The highest BCUT2D eigenvalue weighted by atomic mass is 16.6. The molecular weight excluding hydrogens is 580 g/mol. The Hall–Kier alpha value is -4.72. The molecule has 3 aromatic carbocycles. The summed E-state index contributed by atoms with van der Waals surface area (Å²) in [5, 5.41) is 11.4. The van der Waals surface area contributed by atoms with Gasteiger partial charge in [-0.1, -0.05) is 86.0 Å². The number of aldehydes is 2. The number of benzene rings is 3. The molecule has 8 nitrogen and oxygen atoms in total. The minimum Gasteiger partial charge on any atom is -0.479 e. The van der Waals surface area contributed by atoms with Gasteiger partial charge in [0.1, 0.15) is 23.7 Å². The number of H-pyrrole nitrogens is 1. The van der Waals surface area contributed by atoms with Crippen LogP contribution in [0, 0.1) is 5.92 Å². The van der Waals surface area contributed by atoms with Crippen LogP contribution in [0.2, 0.25) is 0 Å². The predicted molar refractivity (Wildman–Crippen MR) is 178 cm³/mol. The van der Waals surface area contributed by atoms with E-state index in [0.717, 1.165) is 71.5 Å². The minimum absolute atomic E-state index is 0.206. The minimum atomic E-state index is -1.37. The number of aromatic amines is 1. The molecule has 1 saturated carbocycles. The molecule has 240 valence electrons. The van der Waals surface area contributed by atoms with Gasteiger partial charge in [0, 0.05) is 34.1 Å². The molecule has 1 aromatic heterocycles. The number of nitrogens with zero attached hydrogens (tertiary/aromatic N) is 1. The van der Waals surface area contributed by atoms with Crippen LogP contribution in [-0.2, 0) is 16.0 Å². The molecule has 2 atom stereocenters. The monoisotopic (exact) mass is 622 g/mol. The third kappa shape index (κ3) is 6.76. The molecule has 2 aliphatic rings. The van der Waals surface area contributed by atoms with Crippen molar-refractivity contribution in [1.29, 1.82) is 0 Å². The standard InChI is InChI=1S/C24H32N2O4.C14H10O2/c1-23(2,3)30-22(29)26-20(15-10-6-5-7-11-15)19-17(14-24(26,4)21(27)28)16-12-8-9-13-18(16)25-19;15-9-11-1-5-13(6-2-11)14-7-3-12(10-16)4-8-14/h8-9,12-13,15,20,25H,5-7,10-11,14H2,1-4H3,(H,27,28);1-10H/t20-,24+;/m0./s1. The number of aliphatic carboxylic acids is 1. The number of hydrogen-bond donors (Lipinski definition) is 2. The lowest BCUT2D eigenvalue weighted by Crippen LogP contribution is -2.62. The van der Waals surface area contributed by atoms with Crippen LogP contribution in [0.4, 0.5) is 4.79 Å². The molecule has 4 aromatic rings. The fourth-order valence-electron chi connectivity index (χ4n) is 6.74. The number of aromatic nitrogens is 1. The highest BCUT2D eigenvalue weighted by molar-refractivity contribution is 5.91. The van der Waals surface area contributed by atoms with Gasteiger partial charge in [0.05, 0.1) is 6.04 Å². The van der Waals surface area contributed by atoms with Crippen LogP contribution < -0.4 is 0 Å². The van der Waals surface area contributed by atoms with Crippen LogP contribution in [-0.4, -0.2) is 50.8 Å². The molecule has 2 N–H and O–H groups in total. The highest BCUT2D eigenvalue weighted by Crippen LogP contribution is 2.49. The fraction of sp³-hybridized carbons (Fsp3) is 0.368. The Bertz CT molecular complexity index is 1660. The molecule has 8 heteroatoms. The molecule has 1 aliphatic carbocycles. The summed E-state index contributed by atoms with van der Waals surface area (Å²) in [6.07, 6.45) is 6.69. The smallest absolute Gasteiger partial charge is 0.411 e. The first kappa shape index (κ1) is 32.7. The van der Waals surface area contributed by atoms with Gasteiger partial charge in [0.25, 0.3) is 0 Å². The van der Waals surface area contributed by atoms with E-state index in [9.17, 15) is 24.3 Å². The second-order valence-corrected chi connectivity index (χ2v) is 13.5. The van der Waals surface area contributed by atoms with Crippen LogP contribution in [0.3, 0.4) is 0 Å². The molecule has 1 fully saturated rings. The van der Waals surface area contributed by atoms with Crippen molar-refractivity contribution in [3.63, 3.8) is 0 Å². The van der Waals surface area contributed by atoms with Gasteiger partial charge in [-0.05, 0) is 69.2 Å². The predicted octanol–water partition coefficient (Wildman–Crippen LogP) is 8.40. The van der Waals surface area contributed by atoms with Crippen molar-refractivity contribution in [3.05, 3.63) is 95.2 Å². The maximum absolute atomic E-state index is 13.4. The summed E-state index contributed by atoms with van der Waals surface area (Å²) in [5.74, 6) is -0.790. The summed E-state index contributed by atoms with van der Waals surface area (Å²) < 4.78 is 5.74. The summed E-state index contributed by atoms with van der Waals surface area (Å²) in [6.45, 7) is 7.12. The number of carboxylic acid groups (broad SMARTS) is 1. The van der Waals surface area contributed by atoms with Gasteiger partial charge in [-0.3, -0.25) is 14.5 Å². The Kier molecular flexibility index (Phi) is 9.47. The number of rotatable bonds is 5. The summed E-state index contributed by atoms with van der Waals surface area (Å²) in [7, 11) is 0. The molecule has 1 amide bonds. The van der Waals surface area contributed by atoms with E-state index in [1.807, 2.05) is 69.3 Å². The second kappa shape index (κ2) is 13.3. The Labute approximate surface area is 269 Å². The van der Waals surface area contributed by atoms with Crippen molar-refractivity contribution in [2.24, 2.45) is 5.92 Å². The van der Waals surface area contributed by atoms with E-state index in [4.69, 9.17) is 4.74 Å². The van der Waals surface area contributed by atoms with Gasteiger partial charge >= 0.3 is 12.1 Å². The van der Waals surface area contributed by atoms with Gasteiger partial charge in [-0.25, -0.2) is 9.59 Å². The summed E-state index contributed by atoms with van der Waals surface area (Å²) >= 11 is 0. The normalized spacial score (nSPS) is 19.8. The molecule has 46 heavy (non-hydrogen) atoms. The zero-order chi connectivity index (χ0) is 33.1. The first-order valence-electron chi connectivity index (χ1n) is 15.9. The van der Waals surface area contributed by atoms with Crippen LogP contribution in [0.25, 0.3) is 22.0 Å². The number of para-hydroxylation sites is 1. The number of carboxylic acids is 1. The van der Waals surface area contributed by atoms with Crippen molar-refractivity contribution in [3.8, 4) is 11.1 Å².